The molecule has 0 radical (unpaired) electrons. The SMILES string of the molecule is c1ccc(C([SiH2]C2CCCCO2)(c2ccccc2)c2ccccc2)cc1. The predicted molar refractivity (Wildman–Crippen MR) is 111 cm³/mol. The van der Waals surface area contributed by atoms with Gasteiger partial charge < -0.3 is 4.74 Å². The second-order valence-electron chi connectivity index (χ2n) is 7.20. The van der Waals surface area contributed by atoms with Crippen molar-refractivity contribution < 1.29 is 4.74 Å². The fourth-order valence-electron chi connectivity index (χ4n) is 4.33. The Kier molecular flexibility index (Phi) is 5.33. The zero-order valence-corrected chi connectivity index (χ0v) is 16.6. The van der Waals surface area contributed by atoms with Crippen molar-refractivity contribution in [3.05, 3.63) is 108 Å². The molecule has 3 aromatic carbocycles. The molecule has 1 heterocycles. The highest BCUT2D eigenvalue weighted by molar-refractivity contribution is 6.44. The molecule has 1 nitrogen and oxygen atoms in total. The first-order valence-corrected chi connectivity index (χ1v) is 11.2. The van der Waals surface area contributed by atoms with Crippen LogP contribution in [0.2, 0.25) is 0 Å². The van der Waals surface area contributed by atoms with E-state index in [0.717, 1.165) is 6.61 Å². The monoisotopic (exact) mass is 358 g/mol. The predicted octanol–water partition coefficient (Wildman–Crippen LogP) is 4.67. The summed E-state index contributed by atoms with van der Waals surface area (Å²) in [5.74, 6) is 0. The molecule has 1 aliphatic rings. The van der Waals surface area contributed by atoms with E-state index in [4.69, 9.17) is 4.74 Å². The molecule has 132 valence electrons. The topological polar surface area (TPSA) is 9.23 Å². The number of rotatable bonds is 5. The Balaban J connectivity index is 1.90. The van der Waals surface area contributed by atoms with Gasteiger partial charge in [-0.05, 0) is 36.0 Å². The van der Waals surface area contributed by atoms with Gasteiger partial charge in [-0.2, -0.15) is 0 Å². The lowest BCUT2D eigenvalue weighted by Gasteiger charge is -2.39. The summed E-state index contributed by atoms with van der Waals surface area (Å²) < 4.78 is 6.26. The van der Waals surface area contributed by atoms with Gasteiger partial charge in [0.1, 0.15) is 0 Å². The highest BCUT2D eigenvalue weighted by atomic mass is 28.2. The van der Waals surface area contributed by atoms with Crippen molar-refractivity contribution >= 4 is 9.52 Å². The third kappa shape index (κ3) is 3.40. The Hall–Kier alpha value is -2.16. The number of ether oxygens (including phenoxy) is 1. The Morgan fingerprint density at radius 3 is 1.50 bits per heavy atom. The summed E-state index contributed by atoms with van der Waals surface area (Å²) in [7, 11) is -0.644. The number of benzene rings is 3. The summed E-state index contributed by atoms with van der Waals surface area (Å²) in [6.07, 6.45) is 3.71. The average molecular weight is 359 g/mol. The quantitative estimate of drug-likeness (QED) is 0.475. The molecule has 1 saturated heterocycles. The van der Waals surface area contributed by atoms with Crippen LogP contribution in [0.3, 0.4) is 0 Å². The van der Waals surface area contributed by atoms with E-state index in [9.17, 15) is 0 Å². The van der Waals surface area contributed by atoms with Crippen LogP contribution < -0.4 is 0 Å². The molecule has 1 unspecified atom stereocenters. The first kappa shape index (κ1) is 17.3. The lowest BCUT2D eigenvalue weighted by molar-refractivity contribution is 0.0638. The maximum Gasteiger partial charge on any atom is 0.0784 e. The van der Waals surface area contributed by atoms with Crippen molar-refractivity contribution in [3.63, 3.8) is 0 Å². The van der Waals surface area contributed by atoms with Gasteiger partial charge in [0, 0.05) is 17.4 Å². The van der Waals surface area contributed by atoms with E-state index in [1.165, 1.54) is 36.0 Å². The van der Waals surface area contributed by atoms with Crippen LogP contribution in [0, 0.1) is 0 Å². The van der Waals surface area contributed by atoms with E-state index < -0.39 is 9.52 Å². The fourth-order valence-corrected chi connectivity index (χ4v) is 7.21. The fraction of sp³-hybridized carbons (Fsp3) is 0.250. The normalized spacial score (nSPS) is 18.2. The molecule has 0 aromatic heterocycles. The smallest absolute Gasteiger partial charge is 0.0784 e. The summed E-state index contributed by atoms with van der Waals surface area (Å²) in [4.78, 5) is 0. The van der Waals surface area contributed by atoms with E-state index >= 15 is 0 Å². The summed E-state index contributed by atoms with van der Waals surface area (Å²) in [5, 5.41) is -0.0498. The third-order valence-electron chi connectivity index (χ3n) is 5.61. The molecular weight excluding hydrogens is 332 g/mol. The molecule has 0 spiro atoms. The van der Waals surface area contributed by atoms with Gasteiger partial charge in [0.2, 0.25) is 0 Å². The summed E-state index contributed by atoms with van der Waals surface area (Å²) in [6.45, 7) is 0.923. The van der Waals surface area contributed by atoms with Crippen molar-refractivity contribution in [1.82, 2.24) is 0 Å². The van der Waals surface area contributed by atoms with Crippen molar-refractivity contribution in [2.24, 2.45) is 0 Å². The zero-order valence-electron chi connectivity index (χ0n) is 15.2. The van der Waals surface area contributed by atoms with Gasteiger partial charge in [0.25, 0.3) is 0 Å². The highest BCUT2D eigenvalue weighted by Crippen LogP contribution is 2.39. The van der Waals surface area contributed by atoms with Crippen LogP contribution in [-0.2, 0) is 9.78 Å². The van der Waals surface area contributed by atoms with Crippen LogP contribution in [0.5, 0.6) is 0 Å². The summed E-state index contributed by atoms with van der Waals surface area (Å²) >= 11 is 0. The molecule has 0 bridgehead atoms. The maximum absolute atomic E-state index is 6.26. The first-order chi connectivity index (χ1) is 12.9. The highest BCUT2D eigenvalue weighted by Gasteiger charge is 2.39. The van der Waals surface area contributed by atoms with E-state index in [1.807, 2.05) is 0 Å². The molecule has 1 atom stereocenters. The van der Waals surface area contributed by atoms with Crippen LogP contribution in [-0.4, -0.2) is 21.9 Å². The van der Waals surface area contributed by atoms with Gasteiger partial charge in [-0.25, -0.2) is 0 Å². The molecule has 0 saturated carbocycles. The Morgan fingerprint density at radius 2 is 1.12 bits per heavy atom. The summed E-state index contributed by atoms with van der Waals surface area (Å²) in [6, 6.07) is 33.2. The first-order valence-electron chi connectivity index (χ1n) is 9.68. The maximum atomic E-state index is 6.26. The number of hydrogen-bond donors (Lipinski definition) is 0. The molecule has 4 rings (SSSR count). The van der Waals surface area contributed by atoms with E-state index in [1.54, 1.807) is 0 Å². The molecule has 0 N–H and O–H groups in total. The lowest BCUT2D eigenvalue weighted by atomic mass is 9.84. The largest absolute Gasteiger partial charge is 0.382 e. The second-order valence-corrected chi connectivity index (χ2v) is 9.58. The van der Waals surface area contributed by atoms with Crippen LogP contribution in [0.25, 0.3) is 0 Å². The minimum Gasteiger partial charge on any atom is -0.382 e. The van der Waals surface area contributed by atoms with Crippen molar-refractivity contribution in [2.75, 3.05) is 6.61 Å². The Labute approximate surface area is 158 Å². The van der Waals surface area contributed by atoms with Gasteiger partial charge in [-0.3, -0.25) is 0 Å². The van der Waals surface area contributed by atoms with E-state index in [2.05, 4.69) is 91.0 Å². The van der Waals surface area contributed by atoms with Gasteiger partial charge in [-0.15, -0.1) is 0 Å². The molecule has 26 heavy (non-hydrogen) atoms. The number of hydrogen-bond acceptors (Lipinski definition) is 1. The molecule has 3 aromatic rings. The van der Waals surface area contributed by atoms with E-state index in [-0.39, 0.29) is 5.04 Å². The molecule has 1 aliphatic heterocycles. The zero-order chi connectivity index (χ0) is 17.7. The van der Waals surface area contributed by atoms with Crippen molar-refractivity contribution in [2.45, 2.75) is 30.0 Å². The van der Waals surface area contributed by atoms with Gasteiger partial charge in [0.15, 0.2) is 0 Å². The Morgan fingerprint density at radius 1 is 0.654 bits per heavy atom. The Bertz CT molecular complexity index is 699. The molecule has 2 heteroatoms. The standard InChI is InChI=1S/C24H26OSi/c1-4-12-20(13-5-1)24(21-14-6-2-7-15-21,22-16-8-3-9-17-22)26-23-18-10-11-19-25-23/h1-9,12-17,23H,10-11,18-19,26H2. The van der Waals surface area contributed by atoms with Gasteiger partial charge in [-0.1, -0.05) is 91.0 Å². The van der Waals surface area contributed by atoms with Crippen molar-refractivity contribution in [1.29, 1.82) is 0 Å². The lowest BCUT2D eigenvalue weighted by Crippen LogP contribution is -2.44. The van der Waals surface area contributed by atoms with Crippen LogP contribution in [0.15, 0.2) is 91.0 Å². The molecular formula is C24H26OSi. The molecule has 1 fully saturated rings. The minimum atomic E-state index is -0.644. The van der Waals surface area contributed by atoms with E-state index in [0.29, 0.717) is 5.73 Å². The van der Waals surface area contributed by atoms with Crippen molar-refractivity contribution in [3.8, 4) is 0 Å². The third-order valence-corrected chi connectivity index (χ3v) is 8.54. The second kappa shape index (κ2) is 8.03. The van der Waals surface area contributed by atoms with Gasteiger partial charge in [0.05, 0.1) is 9.52 Å². The summed E-state index contributed by atoms with van der Waals surface area (Å²) in [5.41, 5.74) is 4.64. The van der Waals surface area contributed by atoms with Crippen LogP contribution in [0.1, 0.15) is 36.0 Å². The molecule has 0 aliphatic carbocycles. The van der Waals surface area contributed by atoms with Crippen LogP contribution >= 0.6 is 0 Å². The molecule has 0 amide bonds. The minimum absolute atomic E-state index is 0.0498. The average Bonchev–Trinajstić information content (AvgIpc) is 2.75. The van der Waals surface area contributed by atoms with Crippen LogP contribution in [0.4, 0.5) is 0 Å². The van der Waals surface area contributed by atoms with Gasteiger partial charge >= 0.3 is 0 Å².